The third-order valence-corrected chi connectivity index (χ3v) is 3.52. The predicted octanol–water partition coefficient (Wildman–Crippen LogP) is 3.13. The molecule has 2 fully saturated rings. The smallest absolute Gasteiger partial charge is 0.0809 e. The van der Waals surface area contributed by atoms with E-state index in [0.29, 0.717) is 6.10 Å². The van der Waals surface area contributed by atoms with Crippen molar-refractivity contribution in [3.8, 4) is 0 Å². The molecular weight excluding hydrogens is 188 g/mol. The fourth-order valence-electron chi connectivity index (χ4n) is 2.71. The average Bonchev–Trinajstić information content (AvgIpc) is 2.55. The highest BCUT2D eigenvalue weighted by Crippen LogP contribution is 2.34. The molecular formula is C13H26O2. The molecule has 1 N–H and O–H groups in total. The molecule has 2 nitrogen and oxygen atoms in total. The van der Waals surface area contributed by atoms with E-state index in [1.165, 1.54) is 38.5 Å². The Balaban J connectivity index is 0.000000531. The first kappa shape index (κ1) is 13.0. The first-order valence-electron chi connectivity index (χ1n) is 6.66. The Labute approximate surface area is 94.0 Å². The molecule has 3 atom stereocenters. The third-order valence-electron chi connectivity index (χ3n) is 3.52. The topological polar surface area (TPSA) is 29.5 Å². The zero-order valence-corrected chi connectivity index (χ0v) is 10.2. The number of rotatable bonds is 1. The maximum absolute atomic E-state index is 9.03. The van der Waals surface area contributed by atoms with Crippen molar-refractivity contribution < 1.29 is 9.84 Å². The van der Waals surface area contributed by atoms with E-state index < -0.39 is 0 Å². The van der Waals surface area contributed by atoms with Gasteiger partial charge in [-0.3, -0.25) is 0 Å². The summed E-state index contributed by atoms with van der Waals surface area (Å²) in [5, 5.41) is 9.03. The van der Waals surface area contributed by atoms with Crippen LogP contribution in [0, 0.1) is 5.92 Å². The molecule has 90 valence electrons. The van der Waals surface area contributed by atoms with Gasteiger partial charge in [0.25, 0.3) is 0 Å². The van der Waals surface area contributed by atoms with Crippen molar-refractivity contribution in [2.24, 2.45) is 5.92 Å². The van der Waals surface area contributed by atoms with Gasteiger partial charge >= 0.3 is 0 Å². The van der Waals surface area contributed by atoms with Gasteiger partial charge in [-0.25, -0.2) is 0 Å². The molecule has 15 heavy (non-hydrogen) atoms. The average molecular weight is 214 g/mol. The lowest BCUT2D eigenvalue weighted by atomic mass is 9.88. The summed E-state index contributed by atoms with van der Waals surface area (Å²) in [6, 6.07) is 0. The maximum Gasteiger partial charge on any atom is 0.0809 e. The van der Waals surface area contributed by atoms with Crippen LogP contribution in [0.2, 0.25) is 0 Å². The Hall–Kier alpha value is -0.0800. The Kier molecular flexibility index (Phi) is 6.26. The zero-order valence-electron chi connectivity index (χ0n) is 10.2. The van der Waals surface area contributed by atoms with Gasteiger partial charge in [0.1, 0.15) is 0 Å². The van der Waals surface area contributed by atoms with E-state index in [1.54, 1.807) is 0 Å². The number of hydrogen-bond acceptors (Lipinski definition) is 2. The molecule has 2 heteroatoms. The van der Waals surface area contributed by atoms with E-state index in [1.807, 2.05) is 13.8 Å². The summed E-state index contributed by atoms with van der Waals surface area (Å²) in [4.78, 5) is 0. The molecule has 1 aliphatic heterocycles. The number of aliphatic hydroxyl groups excluding tert-OH is 1. The van der Waals surface area contributed by atoms with E-state index in [-0.39, 0.29) is 12.7 Å². The standard InChI is InChI=1S/C11H20O2.C2H6/c12-8-10-7-6-9-4-2-1-3-5-11(9)13-10;1-2/h9-12H,1-8H2;1-2H3. The van der Waals surface area contributed by atoms with Gasteiger partial charge < -0.3 is 9.84 Å². The second kappa shape index (κ2) is 7.24. The van der Waals surface area contributed by atoms with E-state index in [0.717, 1.165) is 12.3 Å². The van der Waals surface area contributed by atoms with E-state index in [2.05, 4.69) is 0 Å². The quantitative estimate of drug-likeness (QED) is 0.726. The number of ether oxygens (including phenoxy) is 1. The second-order valence-electron chi connectivity index (χ2n) is 4.45. The second-order valence-corrected chi connectivity index (χ2v) is 4.45. The summed E-state index contributed by atoms with van der Waals surface area (Å²) < 4.78 is 5.87. The number of hydrogen-bond donors (Lipinski definition) is 1. The van der Waals surface area contributed by atoms with Crippen molar-refractivity contribution in [3.05, 3.63) is 0 Å². The summed E-state index contributed by atoms with van der Waals surface area (Å²) in [5.74, 6) is 0.797. The molecule has 2 aliphatic rings. The summed E-state index contributed by atoms with van der Waals surface area (Å²) >= 11 is 0. The Morgan fingerprint density at radius 1 is 1.00 bits per heavy atom. The van der Waals surface area contributed by atoms with Crippen molar-refractivity contribution in [2.75, 3.05) is 6.61 Å². The molecule has 3 unspecified atom stereocenters. The molecule has 0 spiro atoms. The normalized spacial score (nSPS) is 35.8. The molecule has 1 aliphatic carbocycles. The van der Waals surface area contributed by atoms with Crippen molar-refractivity contribution in [2.45, 2.75) is 71.0 Å². The van der Waals surface area contributed by atoms with Crippen LogP contribution < -0.4 is 0 Å². The van der Waals surface area contributed by atoms with Crippen LogP contribution >= 0.6 is 0 Å². The Bertz CT molecular complexity index is 159. The Morgan fingerprint density at radius 3 is 2.47 bits per heavy atom. The van der Waals surface area contributed by atoms with E-state index in [4.69, 9.17) is 9.84 Å². The van der Waals surface area contributed by atoms with Crippen molar-refractivity contribution in [1.29, 1.82) is 0 Å². The lowest BCUT2D eigenvalue weighted by Crippen LogP contribution is -2.36. The van der Waals surface area contributed by atoms with Crippen molar-refractivity contribution in [3.63, 3.8) is 0 Å². The summed E-state index contributed by atoms with van der Waals surface area (Å²) in [5.41, 5.74) is 0. The first-order chi connectivity index (χ1) is 7.40. The van der Waals surface area contributed by atoms with Crippen LogP contribution in [0.5, 0.6) is 0 Å². The molecule has 0 radical (unpaired) electrons. The van der Waals surface area contributed by atoms with Crippen LogP contribution in [-0.2, 0) is 4.74 Å². The molecule has 1 heterocycles. The summed E-state index contributed by atoms with van der Waals surface area (Å²) in [7, 11) is 0. The third kappa shape index (κ3) is 3.76. The number of fused-ring (bicyclic) bond motifs is 1. The molecule has 0 aromatic rings. The molecule has 1 saturated heterocycles. The van der Waals surface area contributed by atoms with Gasteiger partial charge in [0.2, 0.25) is 0 Å². The zero-order chi connectivity index (χ0) is 11.1. The van der Waals surface area contributed by atoms with Crippen LogP contribution in [0.3, 0.4) is 0 Å². The van der Waals surface area contributed by atoms with Crippen LogP contribution in [0.25, 0.3) is 0 Å². The van der Waals surface area contributed by atoms with Crippen LogP contribution in [-0.4, -0.2) is 23.9 Å². The molecule has 1 saturated carbocycles. The molecule has 0 aromatic heterocycles. The van der Waals surface area contributed by atoms with E-state index in [9.17, 15) is 0 Å². The van der Waals surface area contributed by atoms with Crippen molar-refractivity contribution in [1.82, 2.24) is 0 Å². The summed E-state index contributed by atoms with van der Waals surface area (Å²) in [6.07, 6.45) is 9.60. The van der Waals surface area contributed by atoms with Crippen LogP contribution in [0.4, 0.5) is 0 Å². The Morgan fingerprint density at radius 2 is 1.73 bits per heavy atom. The van der Waals surface area contributed by atoms with Gasteiger partial charge in [-0.05, 0) is 31.6 Å². The maximum atomic E-state index is 9.03. The van der Waals surface area contributed by atoms with Gasteiger partial charge in [0.05, 0.1) is 18.8 Å². The minimum Gasteiger partial charge on any atom is -0.394 e. The highest BCUT2D eigenvalue weighted by Gasteiger charge is 2.31. The van der Waals surface area contributed by atoms with E-state index >= 15 is 0 Å². The van der Waals surface area contributed by atoms with Gasteiger partial charge in [-0.15, -0.1) is 0 Å². The molecule has 0 bridgehead atoms. The lowest BCUT2D eigenvalue weighted by molar-refractivity contribution is -0.103. The number of aliphatic hydroxyl groups is 1. The molecule has 0 amide bonds. The predicted molar refractivity (Wildman–Crippen MR) is 62.9 cm³/mol. The minimum absolute atomic E-state index is 0.138. The largest absolute Gasteiger partial charge is 0.394 e. The fourth-order valence-corrected chi connectivity index (χ4v) is 2.71. The van der Waals surface area contributed by atoms with Gasteiger partial charge in [0.15, 0.2) is 0 Å². The SMILES string of the molecule is CC.OCC1CCC2CCCCCC2O1. The lowest BCUT2D eigenvalue weighted by Gasteiger charge is -2.35. The van der Waals surface area contributed by atoms with Crippen LogP contribution in [0.1, 0.15) is 58.8 Å². The highest BCUT2D eigenvalue weighted by atomic mass is 16.5. The minimum atomic E-state index is 0.138. The van der Waals surface area contributed by atoms with Crippen molar-refractivity contribution >= 4 is 0 Å². The van der Waals surface area contributed by atoms with Gasteiger partial charge in [-0.2, -0.15) is 0 Å². The van der Waals surface area contributed by atoms with Gasteiger partial charge in [0, 0.05) is 0 Å². The molecule has 2 rings (SSSR count). The fraction of sp³-hybridized carbons (Fsp3) is 1.00. The summed E-state index contributed by atoms with van der Waals surface area (Å²) in [6.45, 7) is 4.21. The van der Waals surface area contributed by atoms with Gasteiger partial charge in [-0.1, -0.05) is 33.1 Å². The first-order valence-corrected chi connectivity index (χ1v) is 6.66. The van der Waals surface area contributed by atoms with Crippen LogP contribution in [0.15, 0.2) is 0 Å². The highest BCUT2D eigenvalue weighted by molar-refractivity contribution is 4.80. The monoisotopic (exact) mass is 214 g/mol. The molecule has 0 aromatic carbocycles.